The summed E-state index contributed by atoms with van der Waals surface area (Å²) in [5, 5.41) is 0. The van der Waals surface area contributed by atoms with Crippen LogP contribution < -0.4 is 4.57 Å². The van der Waals surface area contributed by atoms with E-state index in [0.717, 1.165) is 6.54 Å². The number of halogens is 1. The molecule has 0 saturated carbocycles. The topological polar surface area (TPSA) is 8.81 Å². The molecule has 11 heavy (non-hydrogen) atoms. The first kappa shape index (κ1) is 9.03. The summed E-state index contributed by atoms with van der Waals surface area (Å²) in [6.07, 6.45) is 6.76. The molecule has 0 fully saturated rings. The number of nitrogens with zero attached hydrogens (tertiary/aromatic N) is 2. The van der Waals surface area contributed by atoms with Crippen molar-refractivity contribution in [1.82, 2.24) is 4.57 Å². The zero-order chi connectivity index (χ0) is 8.27. The van der Waals surface area contributed by atoms with E-state index in [1.807, 2.05) is 0 Å². The molecule has 1 aromatic heterocycles. The normalized spacial score (nSPS) is 10.5. The molecule has 2 nitrogen and oxygen atoms in total. The predicted molar refractivity (Wildman–Crippen MR) is 53.2 cm³/mol. The van der Waals surface area contributed by atoms with Crippen LogP contribution in [0.2, 0.25) is 0 Å². The van der Waals surface area contributed by atoms with E-state index in [2.05, 4.69) is 58.1 Å². The van der Waals surface area contributed by atoms with Crippen molar-refractivity contribution >= 4 is 22.6 Å². The third-order valence-electron chi connectivity index (χ3n) is 1.75. The maximum absolute atomic E-state index is 2.37. The molecule has 0 aliphatic rings. The molecule has 62 valence electrons. The van der Waals surface area contributed by atoms with Gasteiger partial charge in [-0.25, -0.2) is 9.13 Å². The summed E-state index contributed by atoms with van der Waals surface area (Å²) >= 11 is 2.37. The van der Waals surface area contributed by atoms with Crippen molar-refractivity contribution in [3.8, 4) is 0 Å². The van der Waals surface area contributed by atoms with Gasteiger partial charge in [0.1, 0.15) is 12.4 Å². The van der Waals surface area contributed by atoms with Gasteiger partial charge in [-0.3, -0.25) is 0 Å². The van der Waals surface area contributed by atoms with Gasteiger partial charge in [0.15, 0.2) is 0 Å². The largest absolute Gasteiger partial charge is 0.317 e. The quantitative estimate of drug-likeness (QED) is 0.581. The highest BCUT2D eigenvalue weighted by atomic mass is 127. The summed E-state index contributed by atoms with van der Waals surface area (Å²) in [6, 6.07) is 0. The van der Waals surface area contributed by atoms with Gasteiger partial charge in [-0.05, 0) is 6.42 Å². The van der Waals surface area contributed by atoms with Gasteiger partial charge in [0.25, 0.3) is 0 Å². The van der Waals surface area contributed by atoms with E-state index in [1.165, 1.54) is 16.7 Å². The molecule has 1 aromatic rings. The van der Waals surface area contributed by atoms with Crippen LogP contribution in [0.15, 0.2) is 12.4 Å². The lowest BCUT2D eigenvalue weighted by atomic mass is 10.3. The lowest BCUT2D eigenvalue weighted by Crippen LogP contribution is -2.30. The lowest BCUT2D eigenvalue weighted by Gasteiger charge is -1.94. The first-order chi connectivity index (χ1) is 5.25. The number of aromatic nitrogens is 2. The predicted octanol–water partition coefficient (Wildman–Crippen LogP) is 1.72. The van der Waals surface area contributed by atoms with Crippen molar-refractivity contribution in [2.24, 2.45) is 7.05 Å². The van der Waals surface area contributed by atoms with Gasteiger partial charge in [-0.2, -0.15) is 0 Å². The number of imidazole rings is 1. The summed E-state index contributed by atoms with van der Waals surface area (Å²) in [4.78, 5) is 0. The van der Waals surface area contributed by atoms with Crippen LogP contribution in [0.4, 0.5) is 0 Å². The first-order valence-electron chi connectivity index (χ1n) is 3.96. The molecule has 1 rings (SSSR count). The van der Waals surface area contributed by atoms with Gasteiger partial charge in [0.2, 0.25) is 0 Å². The summed E-state index contributed by atoms with van der Waals surface area (Å²) in [7, 11) is 2.07. The maximum Gasteiger partial charge on any atom is 0.317 e. The molecule has 0 N–H and O–H groups in total. The molecule has 0 bridgehead atoms. The third kappa shape index (κ3) is 2.18. The minimum Gasteiger partial charge on any atom is -0.228 e. The average molecular weight is 265 g/mol. The minimum atomic E-state index is 1.15. The Hall–Kier alpha value is -0.0600. The minimum absolute atomic E-state index is 1.15. The number of rotatable bonds is 3. The summed E-state index contributed by atoms with van der Waals surface area (Å²) in [6.45, 7) is 3.37. The third-order valence-corrected chi connectivity index (χ3v) is 3.13. The highest BCUT2D eigenvalue weighted by Gasteiger charge is 2.08. The molecule has 0 aliphatic carbocycles. The Morgan fingerprint density at radius 3 is 2.82 bits per heavy atom. The van der Waals surface area contributed by atoms with Gasteiger partial charge in [0.05, 0.1) is 36.2 Å². The molecule has 0 aliphatic heterocycles. The van der Waals surface area contributed by atoms with E-state index in [0.29, 0.717) is 0 Å². The fourth-order valence-electron chi connectivity index (χ4n) is 1.00. The highest BCUT2D eigenvalue weighted by molar-refractivity contribution is 14.1. The molecule has 0 aromatic carbocycles. The molecule has 0 radical (unpaired) electrons. The van der Waals surface area contributed by atoms with Crippen molar-refractivity contribution in [1.29, 1.82) is 0 Å². The van der Waals surface area contributed by atoms with Gasteiger partial charge in [0, 0.05) is 0 Å². The van der Waals surface area contributed by atoms with Crippen molar-refractivity contribution in [2.75, 3.05) is 0 Å². The van der Waals surface area contributed by atoms with Crippen molar-refractivity contribution in [3.63, 3.8) is 0 Å². The molecule has 0 saturated heterocycles. The first-order valence-corrected chi connectivity index (χ1v) is 5.04. The van der Waals surface area contributed by atoms with Crippen molar-refractivity contribution in [3.05, 3.63) is 16.2 Å². The maximum atomic E-state index is 2.37. The van der Waals surface area contributed by atoms with Crippen LogP contribution >= 0.6 is 22.6 Å². The summed E-state index contributed by atoms with van der Waals surface area (Å²) in [5.41, 5.74) is 0. The van der Waals surface area contributed by atoms with E-state index in [4.69, 9.17) is 0 Å². The summed E-state index contributed by atoms with van der Waals surface area (Å²) < 4.78 is 5.72. The van der Waals surface area contributed by atoms with Crippen molar-refractivity contribution < 1.29 is 4.57 Å². The molecule has 0 unspecified atom stereocenters. The van der Waals surface area contributed by atoms with Crippen molar-refractivity contribution in [2.45, 2.75) is 26.3 Å². The van der Waals surface area contributed by atoms with E-state index >= 15 is 0 Å². The highest BCUT2D eigenvalue weighted by Crippen LogP contribution is 2.01. The fraction of sp³-hybridized carbons (Fsp3) is 0.625. The molecule has 0 atom stereocenters. The van der Waals surface area contributed by atoms with E-state index in [9.17, 15) is 0 Å². The second kappa shape index (κ2) is 4.09. The van der Waals surface area contributed by atoms with Gasteiger partial charge in [-0.15, -0.1) is 0 Å². The molecular weight excluding hydrogens is 251 g/mol. The zero-order valence-electron chi connectivity index (χ0n) is 7.05. The van der Waals surface area contributed by atoms with Crippen LogP contribution in [0.3, 0.4) is 0 Å². The van der Waals surface area contributed by atoms with E-state index in [1.54, 1.807) is 0 Å². The van der Waals surface area contributed by atoms with Crippen LogP contribution in [0.25, 0.3) is 0 Å². The molecular formula is C8H14IN2+. The van der Waals surface area contributed by atoms with Crippen LogP contribution in [-0.4, -0.2) is 4.57 Å². The zero-order valence-corrected chi connectivity index (χ0v) is 9.21. The number of hydrogen-bond donors (Lipinski definition) is 0. The standard InChI is InChI=1S/C8H14IN2/c1-3-4-5-11-7-6-10(2)8(11)9/h6-7H,3-5H2,1-2H3/q+1. The number of unbranched alkanes of at least 4 members (excludes halogenated alkanes) is 1. The average Bonchev–Trinajstić information content (AvgIpc) is 2.31. The monoisotopic (exact) mass is 265 g/mol. The SMILES string of the molecule is CCCCn1cc[n+](C)c1I. The Kier molecular flexibility index (Phi) is 3.36. The molecule has 0 spiro atoms. The van der Waals surface area contributed by atoms with Gasteiger partial charge >= 0.3 is 3.83 Å². The lowest BCUT2D eigenvalue weighted by molar-refractivity contribution is -0.684. The van der Waals surface area contributed by atoms with Crippen LogP contribution in [-0.2, 0) is 13.6 Å². The van der Waals surface area contributed by atoms with Crippen LogP contribution in [0, 0.1) is 3.83 Å². The number of aryl methyl sites for hydroxylation is 2. The van der Waals surface area contributed by atoms with Gasteiger partial charge < -0.3 is 0 Å². The molecule has 1 heterocycles. The molecule has 0 amide bonds. The summed E-state index contributed by atoms with van der Waals surface area (Å²) in [5.74, 6) is 0. The Balaban J connectivity index is 2.63. The Morgan fingerprint density at radius 1 is 1.64 bits per heavy atom. The van der Waals surface area contributed by atoms with Gasteiger partial charge in [-0.1, -0.05) is 13.3 Å². The van der Waals surface area contributed by atoms with Crippen LogP contribution in [0.1, 0.15) is 19.8 Å². The second-order valence-corrected chi connectivity index (χ2v) is 3.69. The Bertz CT molecular complexity index is 230. The van der Waals surface area contributed by atoms with E-state index in [-0.39, 0.29) is 0 Å². The smallest absolute Gasteiger partial charge is 0.228 e. The second-order valence-electron chi connectivity index (χ2n) is 2.73. The fourth-order valence-corrected chi connectivity index (χ4v) is 1.56. The van der Waals surface area contributed by atoms with Crippen LogP contribution in [0.5, 0.6) is 0 Å². The number of hydrogen-bond acceptors (Lipinski definition) is 0. The Morgan fingerprint density at radius 2 is 2.36 bits per heavy atom. The van der Waals surface area contributed by atoms with E-state index < -0.39 is 0 Å². The Labute approximate surface area is 81.4 Å². The molecule has 3 heteroatoms.